The van der Waals surface area contributed by atoms with Crippen LogP contribution in [0.2, 0.25) is 0 Å². The molecule has 2 N–H and O–H groups in total. The van der Waals surface area contributed by atoms with Crippen molar-refractivity contribution in [1.29, 1.82) is 0 Å². The molecule has 0 aliphatic carbocycles. The molecule has 92 valence electrons. The maximum absolute atomic E-state index is 10.5. The molecule has 6 nitrogen and oxygen atoms in total. The molecular formula is C11H14N2O4. The van der Waals surface area contributed by atoms with Crippen LogP contribution in [-0.4, -0.2) is 21.7 Å². The maximum Gasteiger partial charge on any atom is 0.405 e. The minimum atomic E-state index is -1.09. The Morgan fingerprint density at radius 1 is 1.41 bits per heavy atom. The van der Waals surface area contributed by atoms with E-state index in [0.717, 1.165) is 5.56 Å². The molecule has 1 rings (SSSR count). The van der Waals surface area contributed by atoms with Crippen LogP contribution in [0, 0.1) is 10.1 Å². The lowest BCUT2D eigenvalue weighted by Gasteiger charge is -2.24. The Balaban J connectivity index is 2.75. The summed E-state index contributed by atoms with van der Waals surface area (Å²) >= 11 is 0. The topological polar surface area (TPSA) is 92.5 Å². The number of nitro groups is 1. The van der Waals surface area contributed by atoms with Gasteiger partial charge >= 0.3 is 6.09 Å². The summed E-state index contributed by atoms with van der Waals surface area (Å²) in [4.78, 5) is 20.5. The predicted molar refractivity (Wildman–Crippen MR) is 62.0 cm³/mol. The Morgan fingerprint density at radius 3 is 2.35 bits per heavy atom. The van der Waals surface area contributed by atoms with Crippen LogP contribution in [0.25, 0.3) is 0 Å². The second-order valence-electron chi connectivity index (χ2n) is 4.41. The molecule has 17 heavy (non-hydrogen) atoms. The largest absolute Gasteiger partial charge is 0.465 e. The fourth-order valence-electron chi connectivity index (χ4n) is 1.58. The molecule has 0 unspecified atom stereocenters. The predicted octanol–water partition coefficient (Wildman–Crippen LogP) is 2.18. The van der Waals surface area contributed by atoms with Gasteiger partial charge in [0.15, 0.2) is 0 Å². The third-order valence-corrected chi connectivity index (χ3v) is 2.24. The molecule has 0 aromatic heterocycles. The average molecular weight is 238 g/mol. The molecule has 0 atom stereocenters. The summed E-state index contributed by atoms with van der Waals surface area (Å²) in [7, 11) is 0. The number of amides is 1. The number of carboxylic acid groups (broad SMARTS) is 1. The third-order valence-electron chi connectivity index (χ3n) is 2.24. The summed E-state index contributed by atoms with van der Waals surface area (Å²) < 4.78 is 0. The first kappa shape index (κ1) is 13.0. The lowest BCUT2D eigenvalue weighted by Crippen LogP contribution is -2.44. The van der Waals surface area contributed by atoms with Gasteiger partial charge in [0.1, 0.15) is 0 Å². The summed E-state index contributed by atoms with van der Waals surface area (Å²) in [5.41, 5.74) is 0.259. The van der Waals surface area contributed by atoms with Crippen LogP contribution >= 0.6 is 0 Å². The average Bonchev–Trinajstić information content (AvgIpc) is 2.15. The number of hydrogen-bond acceptors (Lipinski definition) is 3. The Morgan fingerprint density at radius 2 is 1.94 bits per heavy atom. The summed E-state index contributed by atoms with van der Waals surface area (Å²) in [6.45, 7) is 3.51. The van der Waals surface area contributed by atoms with Gasteiger partial charge in [0.2, 0.25) is 0 Å². The van der Waals surface area contributed by atoms with Crippen LogP contribution in [0.15, 0.2) is 24.3 Å². The second-order valence-corrected chi connectivity index (χ2v) is 4.41. The zero-order valence-corrected chi connectivity index (χ0v) is 9.64. The van der Waals surface area contributed by atoms with E-state index in [1.807, 2.05) is 0 Å². The van der Waals surface area contributed by atoms with Crippen molar-refractivity contribution in [3.8, 4) is 0 Å². The summed E-state index contributed by atoms with van der Waals surface area (Å²) in [5, 5.41) is 21.5. The normalized spacial score (nSPS) is 10.9. The quantitative estimate of drug-likeness (QED) is 0.621. The van der Waals surface area contributed by atoms with Gasteiger partial charge in [-0.2, -0.15) is 0 Å². The summed E-state index contributed by atoms with van der Waals surface area (Å²) in [6.07, 6.45) is -0.617. The van der Waals surface area contributed by atoms with E-state index in [0.29, 0.717) is 6.42 Å². The molecule has 0 radical (unpaired) electrons. The van der Waals surface area contributed by atoms with Crippen molar-refractivity contribution in [3.05, 3.63) is 39.9 Å². The highest BCUT2D eigenvalue weighted by Crippen LogP contribution is 2.16. The maximum atomic E-state index is 10.5. The molecule has 0 saturated heterocycles. The highest BCUT2D eigenvalue weighted by Gasteiger charge is 2.20. The second kappa shape index (κ2) is 4.82. The van der Waals surface area contributed by atoms with Crippen LogP contribution in [0.3, 0.4) is 0 Å². The van der Waals surface area contributed by atoms with E-state index < -0.39 is 16.6 Å². The van der Waals surface area contributed by atoms with Crippen LogP contribution < -0.4 is 5.32 Å². The fourth-order valence-corrected chi connectivity index (χ4v) is 1.58. The highest BCUT2D eigenvalue weighted by atomic mass is 16.6. The van der Waals surface area contributed by atoms with E-state index in [1.54, 1.807) is 26.0 Å². The molecule has 1 aromatic rings. The number of nitrogens with zero attached hydrogens (tertiary/aromatic N) is 1. The van der Waals surface area contributed by atoms with E-state index in [2.05, 4.69) is 5.32 Å². The number of benzene rings is 1. The molecule has 0 spiro atoms. The lowest BCUT2D eigenvalue weighted by molar-refractivity contribution is -0.384. The molecule has 0 fully saturated rings. The van der Waals surface area contributed by atoms with Gasteiger partial charge in [-0.25, -0.2) is 4.79 Å². The van der Waals surface area contributed by atoms with Gasteiger partial charge in [0.05, 0.1) is 4.92 Å². The van der Waals surface area contributed by atoms with Crippen molar-refractivity contribution in [3.63, 3.8) is 0 Å². The zero-order valence-electron chi connectivity index (χ0n) is 9.64. The molecule has 0 bridgehead atoms. The van der Waals surface area contributed by atoms with Gasteiger partial charge in [-0.15, -0.1) is 0 Å². The lowest BCUT2D eigenvalue weighted by atomic mass is 9.95. The summed E-state index contributed by atoms with van der Waals surface area (Å²) in [6, 6.07) is 6.07. The van der Waals surface area contributed by atoms with Gasteiger partial charge in [-0.05, 0) is 25.8 Å². The van der Waals surface area contributed by atoms with Crippen molar-refractivity contribution in [2.45, 2.75) is 25.8 Å². The van der Waals surface area contributed by atoms with Gasteiger partial charge in [-0.3, -0.25) is 10.1 Å². The van der Waals surface area contributed by atoms with Crippen LogP contribution in [-0.2, 0) is 6.42 Å². The van der Waals surface area contributed by atoms with E-state index in [4.69, 9.17) is 5.11 Å². The fraction of sp³-hybridized carbons (Fsp3) is 0.364. The number of rotatable bonds is 4. The van der Waals surface area contributed by atoms with Gasteiger partial charge in [0.25, 0.3) is 5.69 Å². The van der Waals surface area contributed by atoms with Crippen molar-refractivity contribution in [1.82, 2.24) is 5.32 Å². The van der Waals surface area contributed by atoms with Gasteiger partial charge < -0.3 is 10.4 Å². The first-order chi connectivity index (χ1) is 7.80. The minimum Gasteiger partial charge on any atom is -0.465 e. The van der Waals surface area contributed by atoms with Crippen LogP contribution in [0.5, 0.6) is 0 Å². The van der Waals surface area contributed by atoms with E-state index in [-0.39, 0.29) is 5.69 Å². The zero-order chi connectivity index (χ0) is 13.1. The third kappa shape index (κ3) is 4.10. The Labute approximate surface area is 98.4 Å². The van der Waals surface area contributed by atoms with Crippen molar-refractivity contribution < 1.29 is 14.8 Å². The van der Waals surface area contributed by atoms with Crippen LogP contribution in [0.4, 0.5) is 10.5 Å². The molecule has 1 amide bonds. The van der Waals surface area contributed by atoms with E-state index in [9.17, 15) is 14.9 Å². The Bertz CT molecular complexity index is 426. The smallest absolute Gasteiger partial charge is 0.405 e. The summed E-state index contributed by atoms with van der Waals surface area (Å²) in [5.74, 6) is 0. The first-order valence-electron chi connectivity index (χ1n) is 5.04. The molecule has 1 aromatic carbocycles. The number of carbonyl (C=O) groups is 1. The molecule has 0 heterocycles. The molecule has 0 aliphatic rings. The minimum absolute atomic E-state index is 0.0257. The van der Waals surface area contributed by atoms with E-state index in [1.165, 1.54) is 12.1 Å². The van der Waals surface area contributed by atoms with E-state index >= 15 is 0 Å². The standard InChI is InChI=1S/C11H14N2O4/c1-11(2,12-10(14)15)7-8-3-5-9(6-4-8)13(16)17/h3-6,12H,7H2,1-2H3,(H,14,15). The number of nitrogens with one attached hydrogen (secondary N) is 1. The Kier molecular flexibility index (Phi) is 3.67. The monoisotopic (exact) mass is 238 g/mol. The first-order valence-corrected chi connectivity index (χ1v) is 5.04. The number of non-ortho nitro benzene ring substituents is 1. The van der Waals surface area contributed by atoms with Gasteiger partial charge in [0, 0.05) is 17.7 Å². The van der Waals surface area contributed by atoms with Crippen LogP contribution in [0.1, 0.15) is 19.4 Å². The number of hydrogen-bond donors (Lipinski definition) is 2. The molecule has 6 heteroatoms. The Hall–Kier alpha value is -2.11. The molecule has 0 aliphatic heterocycles. The van der Waals surface area contributed by atoms with Crippen molar-refractivity contribution in [2.75, 3.05) is 0 Å². The van der Waals surface area contributed by atoms with Crippen molar-refractivity contribution in [2.24, 2.45) is 0 Å². The van der Waals surface area contributed by atoms with Gasteiger partial charge in [-0.1, -0.05) is 12.1 Å². The SMILES string of the molecule is CC(C)(Cc1ccc([N+](=O)[O-])cc1)NC(=O)O. The molecular weight excluding hydrogens is 224 g/mol. The number of nitro benzene ring substituents is 1. The molecule has 0 saturated carbocycles. The highest BCUT2D eigenvalue weighted by molar-refractivity contribution is 5.65. The van der Waals surface area contributed by atoms with Crippen molar-refractivity contribution >= 4 is 11.8 Å².